The molecule has 0 bridgehead atoms. The zero-order chi connectivity index (χ0) is 28.8. The molecule has 1 fully saturated rings. The maximum absolute atomic E-state index is 14.4. The fraction of sp³-hybridized carbons (Fsp3) is 0.240. The van der Waals surface area contributed by atoms with Crippen LogP contribution in [0.2, 0.25) is 0 Å². The van der Waals surface area contributed by atoms with E-state index >= 15 is 0 Å². The van der Waals surface area contributed by atoms with Crippen molar-refractivity contribution in [2.24, 2.45) is 0 Å². The standard InChI is InChI=1S/C25H20F2N4O8Se/c1-12(33)38-16-10-13(6-7-15(16)31-22(36)14-4-2-3-5-18(14)40-31)21(35)28-19-8-9-30(24(37)29-19)23-25(26,27)20(34)17(11-32)39-23/h2-10,17,20,23,32,34H,11H2,1H3,(H,28,29,35,37)/t17-,20-,23-/m0/s1. The molecule has 0 aliphatic carbocycles. The summed E-state index contributed by atoms with van der Waals surface area (Å²) in [6.07, 6.45) is -5.26. The number of nitrogens with one attached hydrogen (secondary N) is 1. The van der Waals surface area contributed by atoms with Gasteiger partial charge in [0, 0.05) is 0 Å². The van der Waals surface area contributed by atoms with Gasteiger partial charge < -0.3 is 14.9 Å². The summed E-state index contributed by atoms with van der Waals surface area (Å²) in [5.74, 6) is -5.66. The Kier molecular flexibility index (Phi) is 7.25. The van der Waals surface area contributed by atoms with Crippen molar-refractivity contribution in [3.05, 3.63) is 81.1 Å². The number of amides is 1. The van der Waals surface area contributed by atoms with Crippen molar-refractivity contribution in [3.8, 4) is 11.4 Å². The van der Waals surface area contributed by atoms with Crippen molar-refractivity contribution in [2.45, 2.75) is 31.3 Å². The molecule has 1 aliphatic rings. The molecule has 1 amide bonds. The Morgan fingerprint density at radius 1 is 1.20 bits per heavy atom. The third kappa shape index (κ3) is 4.89. The molecule has 1 saturated heterocycles. The fourth-order valence-electron chi connectivity index (χ4n) is 4.16. The molecule has 4 aromatic rings. The van der Waals surface area contributed by atoms with Crippen LogP contribution in [-0.2, 0) is 9.53 Å². The van der Waals surface area contributed by atoms with Crippen molar-refractivity contribution in [3.63, 3.8) is 0 Å². The number of aliphatic hydroxyl groups is 2. The first-order chi connectivity index (χ1) is 19.0. The Balaban J connectivity index is 1.42. The van der Waals surface area contributed by atoms with Gasteiger partial charge in [-0.1, -0.05) is 0 Å². The second-order valence-electron chi connectivity index (χ2n) is 8.75. The van der Waals surface area contributed by atoms with Gasteiger partial charge >= 0.3 is 186 Å². The number of carbonyl (C=O) groups excluding carboxylic acids is 2. The molecule has 1 aliphatic heterocycles. The Hall–Kier alpha value is -4.01. The van der Waals surface area contributed by atoms with Crippen molar-refractivity contribution in [1.82, 2.24) is 13.1 Å². The van der Waals surface area contributed by atoms with E-state index in [0.717, 1.165) is 16.5 Å². The Morgan fingerprint density at radius 2 is 1.95 bits per heavy atom. The van der Waals surface area contributed by atoms with Crippen LogP contribution in [0.5, 0.6) is 5.75 Å². The number of ether oxygens (including phenoxy) is 2. The number of alkyl halides is 2. The topological polar surface area (TPSA) is 162 Å². The molecule has 15 heteroatoms. The van der Waals surface area contributed by atoms with Crippen molar-refractivity contribution in [1.29, 1.82) is 0 Å². The molecular weight excluding hydrogens is 601 g/mol. The van der Waals surface area contributed by atoms with Crippen LogP contribution in [0.15, 0.2) is 64.3 Å². The number of hydrogen-bond acceptors (Lipinski definition) is 9. The number of aliphatic hydroxyl groups excluding tert-OH is 2. The number of rotatable bonds is 6. The van der Waals surface area contributed by atoms with Crippen LogP contribution in [-0.4, -0.2) is 74.7 Å². The van der Waals surface area contributed by atoms with Gasteiger partial charge in [-0.15, -0.1) is 0 Å². The predicted octanol–water partition coefficient (Wildman–Crippen LogP) is 0.668. The second-order valence-corrected chi connectivity index (χ2v) is 10.8. The molecule has 5 rings (SSSR count). The van der Waals surface area contributed by atoms with E-state index < -0.39 is 63.3 Å². The SMILES string of the molecule is CC(=O)Oc1cc(C(=O)Nc2ccn([C@H]3O[C@@H](CO)[C@H](O)C3(F)F)c(=O)n2)ccc1-n1[se]c2ccccc2c1=O. The summed E-state index contributed by atoms with van der Waals surface area (Å²) in [6.45, 7) is 0.276. The minimum absolute atomic E-state index is 0.0118. The van der Waals surface area contributed by atoms with E-state index in [2.05, 4.69) is 10.3 Å². The first-order valence-corrected chi connectivity index (χ1v) is 13.3. The average molecular weight is 621 g/mol. The summed E-state index contributed by atoms with van der Waals surface area (Å²) in [7, 11) is 0. The molecule has 0 saturated carbocycles. The third-order valence-corrected chi connectivity index (χ3v) is 8.37. The number of anilines is 1. The number of benzene rings is 2. The quantitative estimate of drug-likeness (QED) is 0.160. The molecule has 0 radical (unpaired) electrons. The van der Waals surface area contributed by atoms with Crippen LogP contribution in [0.1, 0.15) is 23.5 Å². The van der Waals surface area contributed by atoms with Gasteiger partial charge in [-0.3, -0.25) is 0 Å². The van der Waals surface area contributed by atoms with Gasteiger partial charge in [0.2, 0.25) is 0 Å². The summed E-state index contributed by atoms with van der Waals surface area (Å²) in [6, 6.07) is 12.2. The van der Waals surface area contributed by atoms with Crippen LogP contribution in [0.25, 0.3) is 15.3 Å². The number of aromatic nitrogens is 3. The summed E-state index contributed by atoms with van der Waals surface area (Å²) >= 11 is -0.437. The summed E-state index contributed by atoms with van der Waals surface area (Å²) in [4.78, 5) is 53.7. The molecule has 12 nitrogen and oxygen atoms in total. The van der Waals surface area contributed by atoms with Crippen LogP contribution in [0, 0.1) is 0 Å². The molecule has 2 aromatic carbocycles. The van der Waals surface area contributed by atoms with E-state index in [-0.39, 0.29) is 28.4 Å². The number of esters is 1. The second kappa shape index (κ2) is 10.5. The number of halogens is 2. The maximum atomic E-state index is 14.4. The first kappa shape index (κ1) is 27.6. The van der Waals surface area contributed by atoms with Gasteiger partial charge in [0.25, 0.3) is 0 Å². The van der Waals surface area contributed by atoms with E-state index in [1.807, 2.05) is 12.1 Å². The summed E-state index contributed by atoms with van der Waals surface area (Å²) < 4.78 is 41.8. The number of nitrogens with zero attached hydrogens (tertiary/aromatic N) is 3. The van der Waals surface area contributed by atoms with Crippen LogP contribution < -0.4 is 21.3 Å². The number of fused-ring (bicyclic) bond motifs is 1. The van der Waals surface area contributed by atoms with Gasteiger partial charge in [-0.05, 0) is 0 Å². The number of carbonyl (C=O) groups is 2. The fourth-order valence-corrected chi connectivity index (χ4v) is 6.30. The normalized spacial score (nSPS) is 20.0. The van der Waals surface area contributed by atoms with E-state index in [0.29, 0.717) is 9.95 Å². The van der Waals surface area contributed by atoms with Gasteiger partial charge in [0.1, 0.15) is 6.10 Å². The first-order valence-electron chi connectivity index (χ1n) is 11.7. The zero-order valence-corrected chi connectivity index (χ0v) is 22.2. The van der Waals surface area contributed by atoms with Crippen molar-refractivity contribution in [2.75, 3.05) is 11.9 Å². The van der Waals surface area contributed by atoms with Gasteiger partial charge in [0.15, 0.2) is 6.10 Å². The minimum atomic E-state index is -3.89. The summed E-state index contributed by atoms with van der Waals surface area (Å²) in [5, 5.41) is 21.7. The molecular formula is C25H20F2N4O8Se. The van der Waals surface area contributed by atoms with Crippen LogP contribution >= 0.6 is 0 Å². The molecule has 3 atom stereocenters. The molecule has 0 spiro atoms. The van der Waals surface area contributed by atoms with Crippen LogP contribution in [0.3, 0.4) is 0 Å². The molecule has 3 N–H and O–H groups in total. The summed E-state index contributed by atoms with van der Waals surface area (Å²) in [5.41, 5.74) is -1.21. The molecule has 208 valence electrons. The Labute approximate surface area is 229 Å². The van der Waals surface area contributed by atoms with Gasteiger partial charge in [0.05, 0.1) is 6.61 Å². The van der Waals surface area contributed by atoms with Gasteiger partial charge in [-0.2, -0.15) is 8.78 Å². The van der Waals surface area contributed by atoms with Crippen molar-refractivity contribution >= 4 is 42.1 Å². The molecule has 2 aromatic heterocycles. The third-order valence-electron chi connectivity index (χ3n) is 6.07. The van der Waals surface area contributed by atoms with Crippen molar-refractivity contribution < 1.29 is 38.1 Å². The Bertz CT molecular complexity index is 1750. The molecule has 3 heterocycles. The zero-order valence-electron chi connectivity index (χ0n) is 20.5. The number of hydrogen-bond donors (Lipinski definition) is 3. The van der Waals surface area contributed by atoms with E-state index in [4.69, 9.17) is 14.6 Å². The van der Waals surface area contributed by atoms with Gasteiger partial charge in [-0.25, -0.2) is 0 Å². The predicted molar refractivity (Wildman–Crippen MR) is 136 cm³/mol. The average Bonchev–Trinajstić information content (AvgIpc) is 3.36. The Morgan fingerprint density at radius 3 is 2.60 bits per heavy atom. The van der Waals surface area contributed by atoms with E-state index in [1.165, 1.54) is 28.7 Å². The van der Waals surface area contributed by atoms with E-state index in [1.54, 1.807) is 12.1 Å². The monoisotopic (exact) mass is 622 g/mol. The van der Waals surface area contributed by atoms with Crippen LogP contribution in [0.4, 0.5) is 14.6 Å². The molecule has 0 unspecified atom stereocenters. The molecule has 40 heavy (non-hydrogen) atoms. The van der Waals surface area contributed by atoms with E-state index in [9.17, 15) is 33.1 Å².